The number of methoxy groups -OCH3 is 1. The third kappa shape index (κ3) is 11.2. The molecule has 1 heterocycles. The third-order valence-electron chi connectivity index (χ3n) is 9.48. The molecule has 1 aromatic rings. The highest BCUT2D eigenvalue weighted by molar-refractivity contribution is 6.37. The van der Waals surface area contributed by atoms with Crippen LogP contribution in [-0.2, 0) is 25.6 Å². The van der Waals surface area contributed by atoms with Gasteiger partial charge in [0.15, 0.2) is 0 Å². The van der Waals surface area contributed by atoms with Gasteiger partial charge in [0.05, 0.1) is 13.2 Å². The van der Waals surface area contributed by atoms with E-state index < -0.39 is 52.7 Å². The SMILES string of the molecule is CCC.COc1cccc(CC2(NC(=O)NC(C(=O)N3CCC[C@H]3C(=O)NC(CC3CC3)C(=O)C(N)=O)C(C)(C)C)CCCCCC2)c1. The van der Waals surface area contributed by atoms with Crippen LogP contribution in [0.2, 0.25) is 0 Å². The van der Waals surface area contributed by atoms with Crippen LogP contribution < -0.4 is 26.4 Å². The monoisotopic (exact) mass is 669 g/mol. The van der Waals surface area contributed by atoms with E-state index in [9.17, 15) is 24.0 Å². The Kier molecular flexibility index (Phi) is 14.3. The van der Waals surface area contributed by atoms with Gasteiger partial charge in [-0.25, -0.2) is 4.79 Å². The normalized spacial score (nSPS) is 20.2. The first-order valence-corrected chi connectivity index (χ1v) is 17.9. The number of rotatable bonds is 12. The van der Waals surface area contributed by atoms with Crippen LogP contribution in [0.1, 0.15) is 117 Å². The second-order valence-electron chi connectivity index (χ2n) is 15.0. The number of Topliss-reactive ketones (excluding diaryl/α,β-unsaturated/α-hetero) is 1. The van der Waals surface area contributed by atoms with Gasteiger partial charge in [0.25, 0.3) is 5.91 Å². The molecule has 2 saturated carbocycles. The van der Waals surface area contributed by atoms with E-state index in [1.807, 2.05) is 45.0 Å². The lowest BCUT2D eigenvalue weighted by Gasteiger charge is -2.38. The smallest absolute Gasteiger partial charge is 0.315 e. The Hall–Kier alpha value is -3.63. The van der Waals surface area contributed by atoms with E-state index in [-0.39, 0.29) is 11.8 Å². The molecular formula is C37H59N5O6. The van der Waals surface area contributed by atoms with E-state index >= 15 is 0 Å². The fraction of sp³-hybridized carbons (Fsp3) is 0.703. The van der Waals surface area contributed by atoms with Crippen molar-refractivity contribution in [2.24, 2.45) is 17.1 Å². The van der Waals surface area contributed by atoms with Gasteiger partial charge in [0, 0.05) is 12.1 Å². The van der Waals surface area contributed by atoms with E-state index in [4.69, 9.17) is 10.5 Å². The summed E-state index contributed by atoms with van der Waals surface area (Å²) in [6.07, 6.45) is 11.0. The molecule has 4 rings (SSSR count). The molecular weight excluding hydrogens is 610 g/mol. The van der Waals surface area contributed by atoms with E-state index in [0.29, 0.717) is 32.2 Å². The summed E-state index contributed by atoms with van der Waals surface area (Å²) in [5, 5.41) is 9.00. The molecule has 268 valence electrons. The summed E-state index contributed by atoms with van der Waals surface area (Å²) in [7, 11) is 1.64. The number of carbonyl (C=O) groups is 5. The second kappa shape index (κ2) is 17.7. The molecule has 0 bridgehead atoms. The molecule has 2 unspecified atom stereocenters. The van der Waals surface area contributed by atoms with Gasteiger partial charge in [-0.05, 0) is 67.6 Å². The Bertz CT molecular complexity index is 1260. The van der Waals surface area contributed by atoms with Crippen molar-refractivity contribution in [2.45, 2.75) is 142 Å². The van der Waals surface area contributed by atoms with Crippen LogP contribution in [0.25, 0.3) is 0 Å². The summed E-state index contributed by atoms with van der Waals surface area (Å²) in [6, 6.07) is 4.77. The van der Waals surface area contributed by atoms with E-state index in [0.717, 1.165) is 62.7 Å². The molecule has 0 aromatic heterocycles. The molecule has 2 aliphatic carbocycles. The molecule has 3 fully saturated rings. The lowest BCUT2D eigenvalue weighted by Crippen LogP contribution is -2.62. The zero-order chi connectivity index (χ0) is 35.5. The van der Waals surface area contributed by atoms with Gasteiger partial charge in [-0.1, -0.05) is 91.7 Å². The Balaban J connectivity index is 0.00000201. The maximum atomic E-state index is 14.1. The summed E-state index contributed by atoms with van der Waals surface area (Å²) >= 11 is 0. The minimum atomic E-state index is -1.08. The molecule has 5 amide bonds. The predicted octanol–water partition coefficient (Wildman–Crippen LogP) is 4.79. The van der Waals surface area contributed by atoms with E-state index in [1.165, 1.54) is 11.3 Å². The zero-order valence-electron chi connectivity index (χ0n) is 30.0. The van der Waals surface area contributed by atoms with Crippen LogP contribution in [0.15, 0.2) is 24.3 Å². The number of carbonyl (C=O) groups excluding carboxylic acids is 5. The van der Waals surface area contributed by atoms with Crippen LogP contribution in [0, 0.1) is 11.3 Å². The van der Waals surface area contributed by atoms with Crippen molar-refractivity contribution < 1.29 is 28.7 Å². The molecule has 11 nitrogen and oxygen atoms in total. The third-order valence-corrected chi connectivity index (χ3v) is 9.48. The van der Waals surface area contributed by atoms with Crippen LogP contribution in [-0.4, -0.2) is 71.8 Å². The lowest BCUT2D eigenvalue weighted by atomic mass is 9.83. The second-order valence-corrected chi connectivity index (χ2v) is 15.0. The van der Waals surface area contributed by atoms with Gasteiger partial charge >= 0.3 is 6.03 Å². The molecule has 11 heteroatoms. The van der Waals surface area contributed by atoms with Gasteiger partial charge in [-0.2, -0.15) is 0 Å². The quantitative estimate of drug-likeness (QED) is 0.185. The molecule has 0 spiro atoms. The Labute approximate surface area is 286 Å². The Morgan fingerprint density at radius 3 is 2.19 bits per heavy atom. The number of ketones is 1. The predicted molar refractivity (Wildman–Crippen MR) is 186 cm³/mol. The number of amides is 5. The molecule has 5 N–H and O–H groups in total. The van der Waals surface area contributed by atoms with Crippen LogP contribution in [0.3, 0.4) is 0 Å². The number of ether oxygens (including phenoxy) is 1. The van der Waals surface area contributed by atoms with Gasteiger partial charge < -0.3 is 31.3 Å². The van der Waals surface area contributed by atoms with Crippen LogP contribution in [0.4, 0.5) is 4.79 Å². The highest BCUT2D eigenvalue weighted by Gasteiger charge is 2.44. The summed E-state index contributed by atoms with van der Waals surface area (Å²) < 4.78 is 5.43. The van der Waals surface area contributed by atoms with E-state index in [1.54, 1.807) is 7.11 Å². The summed E-state index contributed by atoms with van der Waals surface area (Å²) in [5.74, 6) is -1.69. The van der Waals surface area contributed by atoms with Crippen LogP contribution >= 0.6 is 0 Å². The molecule has 0 radical (unpaired) electrons. The topological polar surface area (TPSA) is 160 Å². The first-order valence-electron chi connectivity index (χ1n) is 17.9. The Morgan fingerprint density at radius 2 is 1.62 bits per heavy atom. The minimum Gasteiger partial charge on any atom is -0.497 e. The van der Waals surface area contributed by atoms with Gasteiger partial charge in [-0.15, -0.1) is 0 Å². The number of hydrogen-bond donors (Lipinski definition) is 4. The Morgan fingerprint density at radius 1 is 0.979 bits per heavy atom. The van der Waals surface area contributed by atoms with Gasteiger partial charge in [-0.3, -0.25) is 19.2 Å². The molecule has 48 heavy (non-hydrogen) atoms. The first-order chi connectivity index (χ1) is 22.7. The van der Waals surface area contributed by atoms with E-state index in [2.05, 4.69) is 29.8 Å². The summed E-state index contributed by atoms with van der Waals surface area (Å²) in [4.78, 5) is 66.9. The van der Waals surface area contributed by atoms with Crippen molar-refractivity contribution in [2.75, 3.05) is 13.7 Å². The number of likely N-dealkylation sites (tertiary alicyclic amines) is 1. The average molecular weight is 670 g/mol. The minimum absolute atomic E-state index is 0.272. The number of benzene rings is 1. The first kappa shape index (κ1) is 38.8. The number of nitrogens with two attached hydrogens (primary N) is 1. The maximum Gasteiger partial charge on any atom is 0.315 e. The summed E-state index contributed by atoms with van der Waals surface area (Å²) in [5.41, 5.74) is 5.20. The molecule has 3 atom stereocenters. The van der Waals surface area contributed by atoms with Gasteiger partial charge in [0.2, 0.25) is 17.6 Å². The fourth-order valence-corrected chi connectivity index (χ4v) is 6.81. The molecule has 1 aliphatic heterocycles. The molecule has 1 saturated heterocycles. The van der Waals surface area contributed by atoms with Crippen molar-refractivity contribution in [3.63, 3.8) is 0 Å². The molecule has 1 aromatic carbocycles. The molecule has 3 aliphatic rings. The lowest BCUT2D eigenvalue weighted by molar-refractivity contribution is -0.143. The number of hydrogen-bond acceptors (Lipinski definition) is 6. The van der Waals surface area contributed by atoms with Crippen molar-refractivity contribution in [3.8, 4) is 5.75 Å². The highest BCUT2D eigenvalue weighted by Crippen LogP contribution is 2.34. The van der Waals surface area contributed by atoms with Gasteiger partial charge in [0.1, 0.15) is 17.8 Å². The zero-order valence-corrected chi connectivity index (χ0v) is 30.0. The number of primary amides is 1. The largest absolute Gasteiger partial charge is 0.497 e. The van der Waals surface area contributed by atoms with Crippen molar-refractivity contribution >= 4 is 29.5 Å². The summed E-state index contributed by atoms with van der Waals surface area (Å²) in [6.45, 7) is 10.3. The maximum absolute atomic E-state index is 14.1. The standard InChI is InChI=1S/C34H51N5O6.C3H8/c1-33(2,3)28(31(43)39-18-10-13-26(39)30(42)36-25(20-22-14-15-22)27(40)29(35)41)37-32(44)38-34(16-7-5-6-8-17-34)21-23-11-9-12-24(19-23)45-4;1-3-2/h9,11-12,19,22,25-26,28H,5-8,10,13-18,20-21H2,1-4H3,(H2,35,41)(H,36,42)(H2,37,38,44);3H2,1-2H3/t25?,26-,28?;/m0./s1. The van der Waals surface area contributed by atoms with Crippen LogP contribution in [0.5, 0.6) is 5.75 Å². The van der Waals surface area contributed by atoms with Crippen molar-refractivity contribution in [1.82, 2.24) is 20.9 Å². The number of urea groups is 1. The number of nitrogens with one attached hydrogen (secondary N) is 3. The number of nitrogens with zero attached hydrogens (tertiary/aromatic N) is 1. The van der Waals surface area contributed by atoms with Crippen molar-refractivity contribution in [3.05, 3.63) is 29.8 Å². The average Bonchev–Trinajstić information content (AvgIpc) is 3.76. The highest BCUT2D eigenvalue weighted by atomic mass is 16.5. The fourth-order valence-electron chi connectivity index (χ4n) is 6.81. The van der Waals surface area contributed by atoms with Crippen molar-refractivity contribution in [1.29, 1.82) is 0 Å².